The summed E-state index contributed by atoms with van der Waals surface area (Å²) in [6, 6.07) is 6.57. The van der Waals surface area contributed by atoms with Crippen LogP contribution in [0.5, 0.6) is 5.75 Å². The molecule has 1 saturated carbocycles. The van der Waals surface area contributed by atoms with Gasteiger partial charge in [0.05, 0.1) is 17.6 Å². The van der Waals surface area contributed by atoms with Gasteiger partial charge in [0, 0.05) is 11.7 Å². The summed E-state index contributed by atoms with van der Waals surface area (Å²) in [6.07, 6.45) is 2.39. The topological polar surface area (TPSA) is 111 Å². The number of hydrogen-bond acceptors (Lipinski definition) is 4. The first kappa shape index (κ1) is 18.6. The molecule has 0 radical (unpaired) electrons. The molecule has 1 aliphatic rings. The molecule has 1 aromatic rings. The third-order valence-electron chi connectivity index (χ3n) is 4.13. The quantitative estimate of drug-likeness (QED) is 0.759. The SMILES string of the molecule is CC(C)Oc1ccc(NC(=O)NC2CCC(C(=O)O)CC2)cc1C#N. The number of nitrogens with zero attached hydrogens (tertiary/aromatic N) is 1. The lowest BCUT2D eigenvalue weighted by Gasteiger charge is -2.26. The first-order valence-electron chi connectivity index (χ1n) is 8.40. The highest BCUT2D eigenvalue weighted by Gasteiger charge is 2.26. The summed E-state index contributed by atoms with van der Waals surface area (Å²) in [5, 5.41) is 23.8. The molecule has 134 valence electrons. The number of ether oxygens (including phenoxy) is 1. The minimum Gasteiger partial charge on any atom is -0.490 e. The van der Waals surface area contributed by atoms with Crippen molar-refractivity contribution < 1.29 is 19.4 Å². The van der Waals surface area contributed by atoms with Crippen LogP contribution in [0.2, 0.25) is 0 Å². The van der Waals surface area contributed by atoms with Crippen LogP contribution in [-0.4, -0.2) is 29.3 Å². The minimum absolute atomic E-state index is 0.0328. The van der Waals surface area contributed by atoms with E-state index >= 15 is 0 Å². The van der Waals surface area contributed by atoms with Crippen LogP contribution in [0.4, 0.5) is 10.5 Å². The van der Waals surface area contributed by atoms with E-state index in [9.17, 15) is 14.9 Å². The Labute approximate surface area is 147 Å². The van der Waals surface area contributed by atoms with Crippen molar-refractivity contribution in [2.75, 3.05) is 5.32 Å². The Morgan fingerprint density at radius 3 is 2.52 bits per heavy atom. The minimum atomic E-state index is -0.768. The molecule has 7 nitrogen and oxygen atoms in total. The maximum atomic E-state index is 12.1. The number of anilines is 1. The molecule has 0 aromatic heterocycles. The van der Waals surface area contributed by atoms with Crippen molar-refractivity contribution in [3.8, 4) is 11.8 Å². The number of carboxylic acid groups (broad SMARTS) is 1. The third kappa shape index (κ3) is 5.38. The molecule has 7 heteroatoms. The molecular weight excluding hydrogens is 322 g/mol. The Hall–Kier alpha value is -2.75. The summed E-state index contributed by atoms with van der Waals surface area (Å²) >= 11 is 0. The van der Waals surface area contributed by atoms with Crippen LogP contribution in [0, 0.1) is 17.2 Å². The smallest absolute Gasteiger partial charge is 0.319 e. The Bertz CT molecular complexity index is 673. The second-order valence-electron chi connectivity index (χ2n) is 6.47. The monoisotopic (exact) mass is 345 g/mol. The van der Waals surface area contributed by atoms with Crippen molar-refractivity contribution in [3.63, 3.8) is 0 Å². The summed E-state index contributed by atoms with van der Waals surface area (Å²) in [7, 11) is 0. The molecule has 0 spiro atoms. The van der Waals surface area contributed by atoms with Gasteiger partial charge in [-0.1, -0.05) is 0 Å². The van der Waals surface area contributed by atoms with E-state index in [-0.39, 0.29) is 24.1 Å². The number of urea groups is 1. The Balaban J connectivity index is 1.90. The number of carbonyl (C=O) groups excluding carboxylic acids is 1. The number of aliphatic carboxylic acids is 1. The normalized spacial score (nSPS) is 19.8. The van der Waals surface area contributed by atoms with Crippen LogP contribution >= 0.6 is 0 Å². The number of amides is 2. The molecule has 0 aliphatic heterocycles. The number of nitrogens with one attached hydrogen (secondary N) is 2. The lowest BCUT2D eigenvalue weighted by Crippen LogP contribution is -2.41. The Morgan fingerprint density at radius 2 is 1.96 bits per heavy atom. The lowest BCUT2D eigenvalue weighted by atomic mass is 9.86. The van der Waals surface area contributed by atoms with Crippen molar-refractivity contribution in [1.82, 2.24) is 5.32 Å². The van der Waals surface area contributed by atoms with E-state index in [4.69, 9.17) is 9.84 Å². The van der Waals surface area contributed by atoms with Gasteiger partial charge in [0.2, 0.25) is 0 Å². The van der Waals surface area contributed by atoms with E-state index in [2.05, 4.69) is 16.7 Å². The van der Waals surface area contributed by atoms with Gasteiger partial charge in [-0.15, -0.1) is 0 Å². The number of rotatable bonds is 5. The molecule has 25 heavy (non-hydrogen) atoms. The van der Waals surface area contributed by atoms with Gasteiger partial charge < -0.3 is 20.5 Å². The van der Waals surface area contributed by atoms with E-state index in [0.29, 0.717) is 42.7 Å². The highest BCUT2D eigenvalue weighted by molar-refractivity contribution is 5.89. The number of hydrogen-bond donors (Lipinski definition) is 3. The van der Waals surface area contributed by atoms with Crippen LogP contribution in [0.1, 0.15) is 45.1 Å². The first-order chi connectivity index (χ1) is 11.9. The van der Waals surface area contributed by atoms with Crippen LogP contribution in [0.15, 0.2) is 18.2 Å². The van der Waals surface area contributed by atoms with Crippen molar-refractivity contribution in [2.24, 2.45) is 5.92 Å². The van der Waals surface area contributed by atoms with Crippen LogP contribution in [-0.2, 0) is 4.79 Å². The predicted molar refractivity (Wildman–Crippen MR) is 92.5 cm³/mol. The van der Waals surface area contributed by atoms with Gasteiger partial charge in [0.1, 0.15) is 11.8 Å². The molecule has 3 N–H and O–H groups in total. The van der Waals surface area contributed by atoms with Gasteiger partial charge in [-0.3, -0.25) is 4.79 Å². The molecule has 1 aliphatic carbocycles. The summed E-state index contributed by atoms with van der Waals surface area (Å²) in [5.74, 6) is -0.598. The van der Waals surface area contributed by atoms with Gasteiger partial charge in [-0.05, 0) is 57.7 Å². The molecule has 1 aromatic carbocycles. The summed E-state index contributed by atoms with van der Waals surface area (Å²) < 4.78 is 5.55. The molecule has 0 heterocycles. The first-order valence-corrected chi connectivity index (χ1v) is 8.40. The van der Waals surface area contributed by atoms with E-state index in [1.807, 2.05) is 13.8 Å². The number of benzene rings is 1. The lowest BCUT2D eigenvalue weighted by molar-refractivity contribution is -0.142. The standard InChI is InChI=1S/C18H23N3O4/c1-11(2)25-16-8-7-15(9-13(16)10-19)21-18(24)20-14-5-3-12(4-6-14)17(22)23/h7-9,11-12,14H,3-6H2,1-2H3,(H,22,23)(H2,20,21,24). The highest BCUT2D eigenvalue weighted by atomic mass is 16.5. The van der Waals surface area contributed by atoms with Gasteiger partial charge in [0.15, 0.2) is 0 Å². The number of carboxylic acids is 1. The molecule has 2 amide bonds. The zero-order chi connectivity index (χ0) is 18.4. The van der Waals surface area contributed by atoms with Crippen LogP contribution in [0.3, 0.4) is 0 Å². The van der Waals surface area contributed by atoms with E-state index in [1.165, 1.54) is 0 Å². The maximum Gasteiger partial charge on any atom is 0.319 e. The third-order valence-corrected chi connectivity index (χ3v) is 4.13. The van der Waals surface area contributed by atoms with Crippen molar-refractivity contribution in [2.45, 2.75) is 51.7 Å². The summed E-state index contributed by atoms with van der Waals surface area (Å²) in [4.78, 5) is 23.0. The second-order valence-corrected chi connectivity index (χ2v) is 6.47. The number of nitriles is 1. The van der Waals surface area contributed by atoms with Gasteiger partial charge in [-0.2, -0.15) is 5.26 Å². The zero-order valence-electron chi connectivity index (χ0n) is 14.4. The summed E-state index contributed by atoms with van der Waals surface area (Å²) in [6.45, 7) is 3.75. The van der Waals surface area contributed by atoms with Crippen LogP contribution in [0.25, 0.3) is 0 Å². The largest absolute Gasteiger partial charge is 0.490 e. The second kappa shape index (κ2) is 8.38. The molecule has 2 rings (SSSR count). The zero-order valence-corrected chi connectivity index (χ0v) is 14.4. The summed E-state index contributed by atoms with van der Waals surface area (Å²) in [5.41, 5.74) is 0.859. The highest BCUT2D eigenvalue weighted by Crippen LogP contribution is 2.25. The van der Waals surface area contributed by atoms with Crippen LogP contribution < -0.4 is 15.4 Å². The average molecular weight is 345 g/mol. The molecule has 0 unspecified atom stereocenters. The molecule has 1 fully saturated rings. The molecule has 0 bridgehead atoms. The van der Waals surface area contributed by atoms with Crippen molar-refractivity contribution >= 4 is 17.7 Å². The fourth-order valence-electron chi connectivity index (χ4n) is 2.89. The van der Waals surface area contributed by atoms with E-state index in [0.717, 1.165) is 0 Å². The fourth-order valence-corrected chi connectivity index (χ4v) is 2.89. The van der Waals surface area contributed by atoms with Gasteiger partial charge in [-0.25, -0.2) is 4.79 Å². The molecule has 0 atom stereocenters. The Kier molecular flexibility index (Phi) is 6.23. The van der Waals surface area contributed by atoms with Gasteiger partial charge >= 0.3 is 12.0 Å². The predicted octanol–water partition coefficient (Wildman–Crippen LogP) is 3.11. The number of carbonyl (C=O) groups is 2. The van der Waals surface area contributed by atoms with Crippen molar-refractivity contribution in [3.05, 3.63) is 23.8 Å². The molecular formula is C18H23N3O4. The average Bonchev–Trinajstić information content (AvgIpc) is 2.56. The Morgan fingerprint density at radius 1 is 1.28 bits per heavy atom. The maximum absolute atomic E-state index is 12.1. The fraction of sp³-hybridized carbons (Fsp3) is 0.500. The van der Waals surface area contributed by atoms with E-state index < -0.39 is 5.97 Å². The van der Waals surface area contributed by atoms with Crippen molar-refractivity contribution in [1.29, 1.82) is 5.26 Å². The van der Waals surface area contributed by atoms with Gasteiger partial charge in [0.25, 0.3) is 0 Å². The van der Waals surface area contributed by atoms with E-state index in [1.54, 1.807) is 18.2 Å². The molecule has 0 saturated heterocycles.